The second-order valence-electron chi connectivity index (χ2n) is 3.92. The molecular weight excluding hydrogens is 555 g/mol. The van der Waals surface area contributed by atoms with Crippen LogP contribution in [0.3, 0.4) is 0 Å². The fourth-order valence-electron chi connectivity index (χ4n) is 1.34. The van der Waals surface area contributed by atoms with E-state index in [0.29, 0.717) is 5.92 Å². The van der Waals surface area contributed by atoms with E-state index in [1.807, 2.05) is 0 Å². The minimum absolute atomic E-state index is 0.529. The number of rotatable bonds is 6. The van der Waals surface area contributed by atoms with E-state index in [-0.39, 0.29) is 0 Å². The Morgan fingerprint density at radius 3 is 2.35 bits per heavy atom. The molecule has 0 amide bonds. The molecule has 0 saturated heterocycles. The summed E-state index contributed by atoms with van der Waals surface area (Å²) in [6.45, 7) is 7.12. The van der Waals surface area contributed by atoms with Crippen LogP contribution in [0.2, 0.25) is 0 Å². The second-order valence-corrected chi connectivity index (χ2v) is 7.49. The highest BCUT2D eigenvalue weighted by atomic mass is 127. The molecule has 1 rings (SSSR count). The molecule has 5 heteroatoms. The summed E-state index contributed by atoms with van der Waals surface area (Å²) in [6, 6.07) is 4.29. The van der Waals surface area contributed by atoms with Gasteiger partial charge in [-0.25, -0.2) is 0 Å². The Bertz CT molecular complexity index is 348. The van der Waals surface area contributed by atoms with Crippen LogP contribution in [-0.2, 0) is 0 Å². The van der Waals surface area contributed by atoms with E-state index in [1.165, 1.54) is 10.7 Å². The predicted molar refractivity (Wildman–Crippen MR) is 97.8 cm³/mol. The van der Waals surface area contributed by atoms with Crippen molar-refractivity contribution in [2.24, 2.45) is 5.92 Å². The maximum Gasteiger partial charge on any atom is 0.146 e. The molecule has 0 spiro atoms. The third kappa shape index (κ3) is 5.77. The average Bonchev–Trinajstić information content (AvgIpc) is 2.24. The maximum absolute atomic E-state index is 5.92. The summed E-state index contributed by atoms with van der Waals surface area (Å²) in [5, 5.41) is 3.34. The van der Waals surface area contributed by atoms with Gasteiger partial charge in [-0.2, -0.15) is 0 Å². The molecule has 0 heterocycles. The minimum atomic E-state index is 0.529. The maximum atomic E-state index is 5.92. The van der Waals surface area contributed by atoms with E-state index in [1.54, 1.807) is 0 Å². The van der Waals surface area contributed by atoms with E-state index in [4.69, 9.17) is 4.74 Å². The molecule has 1 N–H and O–H groups in total. The lowest BCUT2D eigenvalue weighted by Gasteiger charge is -2.15. The Balaban J connectivity index is 2.57. The highest BCUT2D eigenvalue weighted by molar-refractivity contribution is 14.1. The molecule has 0 fully saturated rings. The molecule has 0 aliphatic heterocycles. The van der Waals surface area contributed by atoms with Crippen molar-refractivity contribution in [1.82, 2.24) is 5.32 Å². The fourth-order valence-corrected chi connectivity index (χ4v) is 5.24. The molecule has 0 radical (unpaired) electrons. The molecule has 96 valence electrons. The minimum Gasteiger partial charge on any atom is -0.491 e. The Kier molecular flexibility index (Phi) is 7.98. The van der Waals surface area contributed by atoms with Crippen LogP contribution >= 0.6 is 67.8 Å². The van der Waals surface area contributed by atoms with E-state index >= 15 is 0 Å². The molecule has 0 aliphatic carbocycles. The van der Waals surface area contributed by atoms with Gasteiger partial charge in [-0.05, 0) is 86.5 Å². The largest absolute Gasteiger partial charge is 0.491 e. The van der Waals surface area contributed by atoms with Crippen molar-refractivity contribution in [3.8, 4) is 5.75 Å². The van der Waals surface area contributed by atoms with Gasteiger partial charge in [-0.3, -0.25) is 0 Å². The van der Waals surface area contributed by atoms with Crippen molar-refractivity contribution >= 4 is 67.8 Å². The van der Waals surface area contributed by atoms with Crippen LogP contribution in [0, 0.1) is 16.6 Å². The molecule has 2 nitrogen and oxygen atoms in total. The van der Waals surface area contributed by atoms with Crippen molar-refractivity contribution in [2.45, 2.75) is 13.8 Å². The van der Waals surface area contributed by atoms with Crippen molar-refractivity contribution < 1.29 is 4.74 Å². The quantitative estimate of drug-likeness (QED) is 0.520. The highest BCUT2D eigenvalue weighted by Gasteiger charge is 2.10. The van der Waals surface area contributed by atoms with Gasteiger partial charge in [0.25, 0.3) is 0 Å². The van der Waals surface area contributed by atoms with Crippen LogP contribution < -0.4 is 10.1 Å². The topological polar surface area (TPSA) is 21.3 Å². The summed E-state index contributed by atoms with van der Waals surface area (Å²) in [7, 11) is 0. The van der Waals surface area contributed by atoms with Crippen molar-refractivity contribution in [2.75, 3.05) is 19.7 Å². The van der Waals surface area contributed by atoms with Gasteiger partial charge >= 0.3 is 0 Å². The van der Waals surface area contributed by atoms with Crippen LogP contribution in [0.15, 0.2) is 12.1 Å². The van der Waals surface area contributed by atoms with Crippen LogP contribution in [0.1, 0.15) is 13.8 Å². The van der Waals surface area contributed by atoms with Gasteiger partial charge in [0, 0.05) is 16.0 Å². The summed E-state index contributed by atoms with van der Waals surface area (Å²) < 4.78 is 9.56. The first-order valence-corrected chi connectivity index (χ1v) is 8.76. The monoisotopic (exact) mass is 571 g/mol. The number of ether oxygens (including phenoxy) is 1. The van der Waals surface area contributed by atoms with Crippen molar-refractivity contribution in [1.29, 1.82) is 0 Å². The second kappa shape index (κ2) is 8.36. The molecule has 0 saturated carbocycles. The Hall–Kier alpha value is 1.17. The smallest absolute Gasteiger partial charge is 0.146 e. The van der Waals surface area contributed by atoms with E-state index in [9.17, 15) is 0 Å². The lowest BCUT2D eigenvalue weighted by atomic mass is 10.2. The van der Waals surface area contributed by atoms with E-state index < -0.39 is 0 Å². The zero-order chi connectivity index (χ0) is 12.8. The van der Waals surface area contributed by atoms with Gasteiger partial charge in [-0.15, -0.1) is 0 Å². The van der Waals surface area contributed by atoms with Crippen molar-refractivity contribution in [3.63, 3.8) is 0 Å². The Morgan fingerprint density at radius 1 is 1.24 bits per heavy atom. The number of hydrogen-bond acceptors (Lipinski definition) is 2. The van der Waals surface area contributed by atoms with Gasteiger partial charge in [0.15, 0.2) is 0 Å². The standard InChI is InChI=1S/C12H16I3NO/c1-3-16-6-8(2)7-17-12-10(14)4-9(13)5-11(12)15/h4-5,8,16H,3,6-7H2,1-2H3. The van der Waals surface area contributed by atoms with Crippen LogP contribution in [0.5, 0.6) is 5.75 Å². The zero-order valence-electron chi connectivity index (χ0n) is 9.90. The summed E-state index contributed by atoms with van der Waals surface area (Å²) >= 11 is 7.01. The molecule has 1 aromatic rings. The number of benzene rings is 1. The molecule has 1 aromatic carbocycles. The normalized spacial score (nSPS) is 12.5. The zero-order valence-corrected chi connectivity index (χ0v) is 16.4. The molecule has 17 heavy (non-hydrogen) atoms. The van der Waals surface area contributed by atoms with Gasteiger partial charge in [0.1, 0.15) is 5.75 Å². The number of hydrogen-bond donors (Lipinski definition) is 1. The lowest BCUT2D eigenvalue weighted by Crippen LogP contribution is -2.25. The summed E-state index contributed by atoms with van der Waals surface area (Å²) in [4.78, 5) is 0. The van der Waals surface area contributed by atoms with Crippen molar-refractivity contribution in [3.05, 3.63) is 22.8 Å². The van der Waals surface area contributed by atoms with Crippen LogP contribution in [0.4, 0.5) is 0 Å². The first kappa shape index (κ1) is 16.2. The molecule has 0 aliphatic rings. The first-order chi connectivity index (χ1) is 8.04. The highest BCUT2D eigenvalue weighted by Crippen LogP contribution is 2.29. The first-order valence-electron chi connectivity index (χ1n) is 5.52. The van der Waals surface area contributed by atoms with Gasteiger partial charge in [0.05, 0.1) is 13.7 Å². The van der Waals surface area contributed by atoms with Gasteiger partial charge < -0.3 is 10.1 Å². The number of halogens is 3. The number of nitrogens with one attached hydrogen (secondary N) is 1. The van der Waals surface area contributed by atoms with Gasteiger partial charge in [0.2, 0.25) is 0 Å². The van der Waals surface area contributed by atoms with Crippen LogP contribution in [0.25, 0.3) is 0 Å². The fraction of sp³-hybridized carbons (Fsp3) is 0.500. The average molecular weight is 571 g/mol. The molecule has 1 atom stereocenters. The molecular formula is C12H16I3NO. The van der Waals surface area contributed by atoms with Gasteiger partial charge in [-0.1, -0.05) is 13.8 Å². The lowest BCUT2D eigenvalue weighted by molar-refractivity contribution is 0.253. The molecule has 1 unspecified atom stereocenters. The third-order valence-electron chi connectivity index (χ3n) is 2.22. The SMILES string of the molecule is CCNCC(C)COc1c(I)cc(I)cc1I. The predicted octanol–water partition coefficient (Wildman–Crippen LogP) is 4.12. The van der Waals surface area contributed by atoms with E-state index in [2.05, 4.69) is 99.1 Å². The summed E-state index contributed by atoms with van der Waals surface area (Å²) in [5.74, 6) is 1.55. The third-order valence-corrected chi connectivity index (χ3v) is 4.44. The Morgan fingerprint density at radius 2 is 1.82 bits per heavy atom. The van der Waals surface area contributed by atoms with Crippen LogP contribution in [-0.4, -0.2) is 19.7 Å². The summed E-state index contributed by atoms with van der Waals surface area (Å²) in [6.07, 6.45) is 0. The molecule has 0 bridgehead atoms. The Labute approximate surface area is 144 Å². The molecule has 0 aromatic heterocycles. The van der Waals surface area contributed by atoms with E-state index in [0.717, 1.165) is 25.4 Å². The summed E-state index contributed by atoms with van der Waals surface area (Å²) in [5.41, 5.74) is 0.